The van der Waals surface area contributed by atoms with E-state index in [-0.39, 0.29) is 11.3 Å². The normalized spacial score (nSPS) is 12.8. The van der Waals surface area contributed by atoms with Crippen LogP contribution in [0.2, 0.25) is 0 Å². The third-order valence-corrected chi connectivity index (χ3v) is 3.61. The highest BCUT2D eigenvalue weighted by atomic mass is 35.5. The molecule has 2 nitrogen and oxygen atoms in total. The zero-order valence-electron chi connectivity index (χ0n) is 11.6. The first-order valence-electron chi connectivity index (χ1n) is 6.56. The van der Waals surface area contributed by atoms with Crippen LogP contribution in [-0.2, 0) is 0 Å². The number of benzene rings is 2. The number of halogens is 3. The summed E-state index contributed by atoms with van der Waals surface area (Å²) in [6.07, 6.45) is 0. The number of alkyl halides is 1. The molecule has 0 aliphatic heterocycles. The van der Waals surface area contributed by atoms with Crippen LogP contribution in [-0.4, -0.2) is 9.55 Å². The predicted molar refractivity (Wildman–Crippen MR) is 80.0 cm³/mol. The van der Waals surface area contributed by atoms with Crippen molar-refractivity contribution in [1.82, 2.24) is 9.55 Å². The molecule has 0 bridgehead atoms. The molecule has 0 radical (unpaired) electrons. The van der Waals surface area contributed by atoms with Crippen molar-refractivity contribution in [2.24, 2.45) is 0 Å². The number of aromatic nitrogens is 2. The van der Waals surface area contributed by atoms with Crippen LogP contribution in [0.3, 0.4) is 0 Å². The molecule has 2 aromatic carbocycles. The lowest BCUT2D eigenvalue weighted by Crippen LogP contribution is -2.05. The lowest BCUT2D eigenvalue weighted by atomic mass is 10.2. The lowest BCUT2D eigenvalue weighted by molar-refractivity contribution is 0.584. The van der Waals surface area contributed by atoms with Gasteiger partial charge in [-0.1, -0.05) is 12.1 Å². The molecular weight excluding hydrogens is 294 g/mol. The Hall–Kier alpha value is -1.94. The van der Waals surface area contributed by atoms with Gasteiger partial charge in [0, 0.05) is 6.07 Å². The number of para-hydroxylation sites is 2. The van der Waals surface area contributed by atoms with Crippen LogP contribution >= 0.6 is 11.6 Å². The minimum Gasteiger partial charge on any atom is -0.292 e. The molecule has 1 aromatic heterocycles. The molecule has 0 aliphatic rings. The Balaban J connectivity index is 2.38. The summed E-state index contributed by atoms with van der Waals surface area (Å²) in [4.78, 5) is 4.42. The van der Waals surface area contributed by atoms with Crippen molar-refractivity contribution in [1.29, 1.82) is 0 Å². The standard InChI is InChI=1S/C16H13ClF2N2/c1-9-7-12(19)15(8-11(9)18)21-14-6-4-3-5-13(14)20-16(21)10(2)17/h3-8,10H,1-2H3. The van der Waals surface area contributed by atoms with Crippen LogP contribution in [0.1, 0.15) is 23.7 Å². The van der Waals surface area contributed by atoms with Gasteiger partial charge in [-0.2, -0.15) is 0 Å². The molecule has 3 aromatic rings. The number of imidazole rings is 1. The second kappa shape index (κ2) is 5.11. The van der Waals surface area contributed by atoms with Crippen LogP contribution < -0.4 is 0 Å². The van der Waals surface area contributed by atoms with E-state index in [0.29, 0.717) is 16.9 Å². The summed E-state index contributed by atoms with van der Waals surface area (Å²) in [6, 6.07) is 9.66. The van der Waals surface area contributed by atoms with Gasteiger partial charge in [0.05, 0.1) is 22.1 Å². The van der Waals surface area contributed by atoms with E-state index in [1.54, 1.807) is 11.5 Å². The third kappa shape index (κ3) is 2.29. The fourth-order valence-corrected chi connectivity index (χ4v) is 2.52. The highest BCUT2D eigenvalue weighted by molar-refractivity contribution is 6.20. The van der Waals surface area contributed by atoms with E-state index in [9.17, 15) is 8.78 Å². The fourth-order valence-electron chi connectivity index (χ4n) is 2.37. The summed E-state index contributed by atoms with van der Waals surface area (Å²) in [7, 11) is 0. The molecule has 0 N–H and O–H groups in total. The molecule has 1 heterocycles. The molecule has 5 heteroatoms. The molecule has 1 atom stereocenters. The fraction of sp³-hybridized carbons (Fsp3) is 0.188. The second-order valence-electron chi connectivity index (χ2n) is 4.96. The number of fused-ring (bicyclic) bond motifs is 1. The van der Waals surface area contributed by atoms with E-state index in [0.717, 1.165) is 0 Å². The number of hydrogen-bond donors (Lipinski definition) is 0. The van der Waals surface area contributed by atoms with Crippen LogP contribution in [0.15, 0.2) is 36.4 Å². The van der Waals surface area contributed by atoms with E-state index in [1.165, 1.54) is 19.1 Å². The molecule has 21 heavy (non-hydrogen) atoms. The maximum atomic E-state index is 14.3. The van der Waals surface area contributed by atoms with Gasteiger partial charge in [-0.25, -0.2) is 13.8 Å². The van der Waals surface area contributed by atoms with Crippen molar-refractivity contribution in [3.63, 3.8) is 0 Å². The number of rotatable bonds is 2. The monoisotopic (exact) mass is 306 g/mol. The van der Waals surface area contributed by atoms with Crippen molar-refractivity contribution in [3.8, 4) is 5.69 Å². The molecule has 0 saturated carbocycles. The van der Waals surface area contributed by atoms with Crippen molar-refractivity contribution < 1.29 is 8.78 Å². The van der Waals surface area contributed by atoms with Gasteiger partial charge in [0.15, 0.2) is 0 Å². The Labute approximate surface area is 126 Å². The first-order chi connectivity index (χ1) is 9.99. The summed E-state index contributed by atoms with van der Waals surface area (Å²) in [5, 5.41) is -0.429. The van der Waals surface area contributed by atoms with Crippen molar-refractivity contribution >= 4 is 22.6 Å². The Morgan fingerprint density at radius 1 is 1.14 bits per heavy atom. The number of hydrogen-bond acceptors (Lipinski definition) is 1. The van der Waals surface area contributed by atoms with Gasteiger partial charge in [0.25, 0.3) is 0 Å². The molecule has 0 amide bonds. The Morgan fingerprint density at radius 2 is 1.86 bits per heavy atom. The summed E-state index contributed by atoms with van der Waals surface area (Å²) >= 11 is 6.15. The van der Waals surface area contributed by atoms with E-state index >= 15 is 0 Å². The quantitative estimate of drug-likeness (QED) is 0.615. The van der Waals surface area contributed by atoms with Gasteiger partial charge < -0.3 is 0 Å². The topological polar surface area (TPSA) is 17.8 Å². The minimum absolute atomic E-state index is 0.120. The SMILES string of the molecule is Cc1cc(F)c(-n2c(C(C)Cl)nc3ccccc32)cc1F. The summed E-state index contributed by atoms with van der Waals surface area (Å²) in [5.74, 6) is -0.479. The Kier molecular flexibility index (Phi) is 3.41. The summed E-state index contributed by atoms with van der Waals surface area (Å²) in [6.45, 7) is 3.28. The third-order valence-electron chi connectivity index (χ3n) is 3.41. The van der Waals surface area contributed by atoms with Crippen LogP contribution in [0, 0.1) is 18.6 Å². The predicted octanol–water partition coefficient (Wildman–Crippen LogP) is 4.91. The number of aryl methyl sites for hydroxylation is 1. The molecule has 1 unspecified atom stereocenters. The molecular formula is C16H13ClF2N2. The van der Waals surface area contributed by atoms with Crippen molar-refractivity contribution in [2.75, 3.05) is 0 Å². The van der Waals surface area contributed by atoms with Crippen LogP contribution in [0.4, 0.5) is 8.78 Å². The minimum atomic E-state index is -0.504. The second-order valence-corrected chi connectivity index (χ2v) is 5.62. The average molecular weight is 307 g/mol. The highest BCUT2D eigenvalue weighted by Gasteiger charge is 2.19. The van der Waals surface area contributed by atoms with Gasteiger partial charge in [-0.3, -0.25) is 4.57 Å². The maximum Gasteiger partial charge on any atom is 0.147 e. The summed E-state index contributed by atoms with van der Waals surface area (Å²) in [5.41, 5.74) is 1.78. The van der Waals surface area contributed by atoms with Crippen LogP contribution in [0.5, 0.6) is 0 Å². The number of nitrogens with zero attached hydrogens (tertiary/aromatic N) is 2. The van der Waals surface area contributed by atoms with Gasteiger partial charge in [-0.15, -0.1) is 11.6 Å². The molecule has 0 aliphatic carbocycles. The maximum absolute atomic E-state index is 14.3. The summed E-state index contributed by atoms with van der Waals surface area (Å²) < 4.78 is 29.7. The molecule has 108 valence electrons. The van der Waals surface area contributed by atoms with E-state index in [4.69, 9.17) is 11.6 Å². The van der Waals surface area contributed by atoms with Crippen LogP contribution in [0.25, 0.3) is 16.7 Å². The van der Waals surface area contributed by atoms with E-state index in [2.05, 4.69) is 4.98 Å². The zero-order valence-corrected chi connectivity index (χ0v) is 12.3. The van der Waals surface area contributed by atoms with Gasteiger partial charge >= 0.3 is 0 Å². The van der Waals surface area contributed by atoms with E-state index in [1.807, 2.05) is 24.3 Å². The average Bonchev–Trinajstić information content (AvgIpc) is 2.82. The van der Waals surface area contributed by atoms with Gasteiger partial charge in [0.1, 0.15) is 17.5 Å². The molecule has 0 saturated heterocycles. The molecule has 3 rings (SSSR count). The zero-order chi connectivity index (χ0) is 15.1. The Morgan fingerprint density at radius 3 is 2.57 bits per heavy atom. The largest absolute Gasteiger partial charge is 0.292 e. The highest BCUT2D eigenvalue weighted by Crippen LogP contribution is 2.30. The molecule has 0 spiro atoms. The van der Waals surface area contributed by atoms with Crippen molar-refractivity contribution in [2.45, 2.75) is 19.2 Å². The lowest BCUT2D eigenvalue weighted by Gasteiger charge is -2.12. The van der Waals surface area contributed by atoms with Gasteiger partial charge in [-0.05, 0) is 37.6 Å². The smallest absolute Gasteiger partial charge is 0.147 e. The Bertz CT molecular complexity index is 825. The first kappa shape index (κ1) is 14.0. The van der Waals surface area contributed by atoms with Crippen molar-refractivity contribution in [3.05, 3.63) is 59.4 Å². The van der Waals surface area contributed by atoms with E-state index < -0.39 is 17.0 Å². The van der Waals surface area contributed by atoms with Gasteiger partial charge in [0.2, 0.25) is 0 Å². The molecule has 0 fully saturated rings. The first-order valence-corrected chi connectivity index (χ1v) is 7.00.